The number of carbonyl (C=O) groups excluding carboxylic acids is 1. The number of benzene rings is 1. The van der Waals surface area contributed by atoms with Crippen molar-refractivity contribution in [3.05, 3.63) is 47.5 Å². The highest BCUT2D eigenvalue weighted by molar-refractivity contribution is 5.78. The minimum atomic E-state index is -0.265. The van der Waals surface area contributed by atoms with Crippen LogP contribution < -0.4 is 0 Å². The number of nitrogens with zero attached hydrogens (tertiary/aromatic N) is 3. The van der Waals surface area contributed by atoms with E-state index in [9.17, 15) is 9.18 Å². The fraction of sp³-hybridized carbons (Fsp3) is 0.450. The Bertz CT molecular complexity index is 803. The van der Waals surface area contributed by atoms with E-state index in [1.807, 2.05) is 6.20 Å². The van der Waals surface area contributed by atoms with E-state index in [0.717, 1.165) is 36.1 Å². The Kier molecular flexibility index (Phi) is 4.02. The minimum absolute atomic E-state index is 0.113. The molecule has 2 atom stereocenters. The van der Waals surface area contributed by atoms with Gasteiger partial charge in [-0.2, -0.15) is 0 Å². The molecule has 1 saturated heterocycles. The predicted molar refractivity (Wildman–Crippen MR) is 93.2 cm³/mol. The number of hydrogen-bond acceptors (Lipinski definition) is 3. The van der Waals surface area contributed by atoms with Crippen LogP contribution in [-0.4, -0.2) is 26.8 Å². The monoisotopic (exact) mass is 339 g/mol. The second-order valence-electron chi connectivity index (χ2n) is 7.45. The van der Waals surface area contributed by atoms with E-state index in [2.05, 4.69) is 23.7 Å². The normalized spacial score (nSPS) is 21.5. The molecule has 2 bridgehead atoms. The summed E-state index contributed by atoms with van der Waals surface area (Å²) in [5, 5.41) is 0. The third-order valence-corrected chi connectivity index (χ3v) is 5.16. The topological polar surface area (TPSA) is 46.1 Å². The van der Waals surface area contributed by atoms with Crippen LogP contribution in [0.15, 0.2) is 30.5 Å². The molecule has 0 aliphatic carbocycles. The number of fused-ring (bicyclic) bond motifs is 4. The van der Waals surface area contributed by atoms with E-state index < -0.39 is 0 Å². The average molecular weight is 339 g/mol. The van der Waals surface area contributed by atoms with Gasteiger partial charge in [0.1, 0.15) is 5.82 Å². The van der Waals surface area contributed by atoms with Gasteiger partial charge in [0.25, 0.3) is 0 Å². The molecule has 2 unspecified atom stereocenters. The summed E-state index contributed by atoms with van der Waals surface area (Å²) in [5.41, 5.74) is 2.93. The van der Waals surface area contributed by atoms with E-state index in [1.54, 1.807) is 12.1 Å². The van der Waals surface area contributed by atoms with Gasteiger partial charge in [-0.05, 0) is 43.0 Å². The van der Waals surface area contributed by atoms with Crippen LogP contribution in [0.5, 0.6) is 0 Å². The molecule has 3 heterocycles. The second-order valence-corrected chi connectivity index (χ2v) is 7.45. The number of hydrogen-bond donors (Lipinski definition) is 0. The summed E-state index contributed by atoms with van der Waals surface area (Å²) >= 11 is 0. The summed E-state index contributed by atoms with van der Waals surface area (Å²) in [4.78, 5) is 24.0. The van der Waals surface area contributed by atoms with Gasteiger partial charge in [0.15, 0.2) is 5.82 Å². The summed E-state index contributed by atoms with van der Waals surface area (Å²) in [6, 6.07) is 6.62. The van der Waals surface area contributed by atoms with Crippen molar-refractivity contribution in [1.82, 2.24) is 14.9 Å². The van der Waals surface area contributed by atoms with Crippen molar-refractivity contribution < 1.29 is 9.18 Å². The summed E-state index contributed by atoms with van der Waals surface area (Å²) in [5.74, 6) is 0.973. The molecule has 130 valence electrons. The molecule has 0 N–H and O–H groups in total. The van der Waals surface area contributed by atoms with Crippen LogP contribution in [0.4, 0.5) is 4.39 Å². The average Bonchev–Trinajstić information content (AvgIpc) is 2.90. The smallest absolute Gasteiger partial charge is 0.223 e. The summed E-state index contributed by atoms with van der Waals surface area (Å²) in [7, 11) is 0. The highest BCUT2D eigenvalue weighted by Gasteiger charge is 2.43. The third-order valence-electron chi connectivity index (χ3n) is 5.16. The predicted octanol–water partition coefficient (Wildman–Crippen LogP) is 3.92. The van der Waals surface area contributed by atoms with Crippen molar-refractivity contribution in [2.24, 2.45) is 5.92 Å². The first-order valence-electron chi connectivity index (χ1n) is 8.96. The quantitative estimate of drug-likeness (QED) is 0.851. The van der Waals surface area contributed by atoms with Gasteiger partial charge < -0.3 is 4.90 Å². The largest absolute Gasteiger partial charge is 0.332 e. The Morgan fingerprint density at radius 2 is 2.04 bits per heavy atom. The van der Waals surface area contributed by atoms with Crippen LogP contribution in [0.3, 0.4) is 0 Å². The summed E-state index contributed by atoms with van der Waals surface area (Å²) < 4.78 is 13.1. The lowest BCUT2D eigenvalue weighted by Gasteiger charge is -2.36. The first-order valence-corrected chi connectivity index (χ1v) is 8.96. The van der Waals surface area contributed by atoms with Crippen LogP contribution in [0.1, 0.15) is 50.4 Å². The molecule has 1 aromatic heterocycles. The lowest BCUT2D eigenvalue weighted by Crippen LogP contribution is -2.42. The van der Waals surface area contributed by atoms with Gasteiger partial charge in [-0.15, -0.1) is 0 Å². The van der Waals surface area contributed by atoms with Gasteiger partial charge in [-0.1, -0.05) is 13.8 Å². The molecule has 4 nitrogen and oxygen atoms in total. The number of amides is 1. The molecule has 25 heavy (non-hydrogen) atoms. The van der Waals surface area contributed by atoms with Crippen molar-refractivity contribution in [1.29, 1.82) is 0 Å². The van der Waals surface area contributed by atoms with Crippen molar-refractivity contribution in [2.45, 2.75) is 51.6 Å². The number of halogens is 1. The molecule has 0 saturated carbocycles. The van der Waals surface area contributed by atoms with Crippen LogP contribution in [-0.2, 0) is 11.2 Å². The fourth-order valence-electron chi connectivity index (χ4n) is 4.05. The standard InChI is InChI=1S/C20H22FN3O/c1-12(2)9-19(25)24-15-7-8-18(24)16-11-22-20(23-17(16)10-15)13-3-5-14(21)6-4-13/h3-6,11-12,15,18H,7-10H2,1-2H3. The Labute approximate surface area is 147 Å². The maximum absolute atomic E-state index is 13.1. The van der Waals surface area contributed by atoms with E-state index in [0.29, 0.717) is 18.2 Å². The second kappa shape index (κ2) is 6.21. The van der Waals surface area contributed by atoms with Gasteiger partial charge in [0.05, 0.1) is 11.7 Å². The zero-order valence-electron chi connectivity index (χ0n) is 14.6. The van der Waals surface area contributed by atoms with Crippen LogP contribution in [0, 0.1) is 11.7 Å². The highest BCUT2D eigenvalue weighted by Crippen LogP contribution is 2.43. The molecule has 0 spiro atoms. The first kappa shape index (κ1) is 16.2. The molecule has 0 radical (unpaired) electrons. The highest BCUT2D eigenvalue weighted by atomic mass is 19.1. The number of rotatable bonds is 3. The molecule has 2 aliphatic rings. The summed E-state index contributed by atoms with van der Waals surface area (Å²) in [6.07, 6.45) is 5.25. The lowest BCUT2D eigenvalue weighted by molar-refractivity contribution is -0.135. The molecule has 1 amide bonds. The van der Waals surface area contributed by atoms with Gasteiger partial charge in [-0.25, -0.2) is 14.4 Å². The number of carbonyl (C=O) groups is 1. The van der Waals surface area contributed by atoms with Gasteiger partial charge >= 0.3 is 0 Å². The zero-order valence-corrected chi connectivity index (χ0v) is 14.6. The van der Waals surface area contributed by atoms with Gasteiger partial charge in [0.2, 0.25) is 5.91 Å². The van der Waals surface area contributed by atoms with Crippen molar-refractivity contribution in [3.63, 3.8) is 0 Å². The number of aromatic nitrogens is 2. The van der Waals surface area contributed by atoms with E-state index in [4.69, 9.17) is 4.98 Å². The van der Waals surface area contributed by atoms with Gasteiger partial charge in [-0.3, -0.25) is 4.79 Å². The van der Waals surface area contributed by atoms with E-state index >= 15 is 0 Å². The molecule has 1 aromatic carbocycles. The Morgan fingerprint density at radius 3 is 2.76 bits per heavy atom. The van der Waals surface area contributed by atoms with Crippen LogP contribution in [0.2, 0.25) is 0 Å². The van der Waals surface area contributed by atoms with Crippen molar-refractivity contribution in [3.8, 4) is 11.4 Å². The maximum Gasteiger partial charge on any atom is 0.223 e. The molecule has 2 aromatic rings. The maximum atomic E-state index is 13.1. The first-order chi connectivity index (χ1) is 12.0. The van der Waals surface area contributed by atoms with E-state index in [-0.39, 0.29) is 23.8 Å². The molecule has 4 rings (SSSR count). The lowest BCUT2D eigenvalue weighted by atomic mass is 9.97. The van der Waals surface area contributed by atoms with Crippen LogP contribution in [0.25, 0.3) is 11.4 Å². The molecular weight excluding hydrogens is 317 g/mol. The molecule has 2 aliphatic heterocycles. The Balaban J connectivity index is 1.65. The third kappa shape index (κ3) is 2.92. The van der Waals surface area contributed by atoms with Crippen LogP contribution >= 0.6 is 0 Å². The Hall–Kier alpha value is -2.30. The zero-order chi connectivity index (χ0) is 17.6. The molecule has 5 heteroatoms. The van der Waals surface area contributed by atoms with E-state index in [1.165, 1.54) is 12.1 Å². The SMILES string of the molecule is CC(C)CC(=O)N1C2CCC1c1cnc(-c3ccc(F)cc3)nc1C2. The van der Waals surface area contributed by atoms with Crippen molar-refractivity contribution in [2.75, 3.05) is 0 Å². The molecular formula is C20H22FN3O. The van der Waals surface area contributed by atoms with Gasteiger partial charge in [0, 0.05) is 36.2 Å². The fourth-order valence-corrected chi connectivity index (χ4v) is 4.05. The van der Waals surface area contributed by atoms with Crippen molar-refractivity contribution >= 4 is 5.91 Å². The Morgan fingerprint density at radius 1 is 1.28 bits per heavy atom. The minimum Gasteiger partial charge on any atom is -0.332 e. The molecule has 1 fully saturated rings. The summed E-state index contributed by atoms with van der Waals surface area (Å²) in [6.45, 7) is 4.16.